The topological polar surface area (TPSA) is 38.0 Å². The van der Waals surface area contributed by atoms with Crippen LogP contribution in [0.15, 0.2) is 45.3 Å². The van der Waals surface area contributed by atoms with E-state index >= 15 is 0 Å². The molecule has 0 radical (unpaired) electrons. The number of aromatic nitrogens is 2. The lowest BCUT2D eigenvalue weighted by Gasteiger charge is -2.09. The molecule has 3 aromatic rings. The molecular formula is C16H14Br2N2O. The number of rotatable bonds is 3. The first-order valence-corrected chi connectivity index (χ1v) is 8.33. The largest absolute Gasteiger partial charge is 0.507 e. The molecule has 0 atom stereocenters. The normalized spacial score (nSPS) is 11.2. The predicted molar refractivity (Wildman–Crippen MR) is 92.5 cm³/mol. The molecule has 0 unspecified atom stereocenters. The molecule has 1 heterocycles. The van der Waals surface area contributed by atoms with Gasteiger partial charge in [0, 0.05) is 15.5 Å². The molecule has 0 amide bonds. The maximum absolute atomic E-state index is 10.2. The summed E-state index contributed by atoms with van der Waals surface area (Å²) in [5.41, 5.74) is 2.74. The first-order valence-electron chi connectivity index (χ1n) is 6.75. The Hall–Kier alpha value is -1.33. The lowest BCUT2D eigenvalue weighted by molar-refractivity contribution is 0.476. The van der Waals surface area contributed by atoms with Gasteiger partial charge in [-0.2, -0.15) is 0 Å². The SMILES string of the molecule is CCCn1c(-c2cc(Br)ccc2O)nc2cc(Br)ccc21. The summed E-state index contributed by atoms with van der Waals surface area (Å²) >= 11 is 6.94. The third-order valence-electron chi connectivity index (χ3n) is 3.36. The van der Waals surface area contributed by atoms with Gasteiger partial charge in [0.1, 0.15) is 11.6 Å². The second-order valence-electron chi connectivity index (χ2n) is 4.88. The minimum absolute atomic E-state index is 0.241. The van der Waals surface area contributed by atoms with Crippen molar-refractivity contribution in [3.05, 3.63) is 45.3 Å². The Morgan fingerprint density at radius 3 is 2.57 bits per heavy atom. The van der Waals surface area contributed by atoms with Crippen LogP contribution in [0.2, 0.25) is 0 Å². The quantitative estimate of drug-likeness (QED) is 0.633. The molecule has 2 aromatic carbocycles. The standard InChI is InChI=1S/C16H14Br2N2O/c1-2-7-20-14-5-3-11(18)9-13(14)19-16(20)12-8-10(17)4-6-15(12)21/h3-6,8-9,21H,2,7H2,1H3. The molecule has 0 aliphatic carbocycles. The Bertz CT molecular complexity index is 811. The summed E-state index contributed by atoms with van der Waals surface area (Å²) in [6, 6.07) is 11.5. The fraction of sp³-hybridized carbons (Fsp3) is 0.188. The van der Waals surface area contributed by atoms with Crippen LogP contribution in [0, 0.1) is 0 Å². The van der Waals surface area contributed by atoms with E-state index in [2.05, 4.69) is 49.4 Å². The molecule has 21 heavy (non-hydrogen) atoms. The zero-order chi connectivity index (χ0) is 15.0. The molecular weight excluding hydrogens is 396 g/mol. The zero-order valence-corrected chi connectivity index (χ0v) is 14.6. The number of hydrogen-bond acceptors (Lipinski definition) is 2. The lowest BCUT2D eigenvalue weighted by atomic mass is 10.2. The third kappa shape index (κ3) is 2.72. The summed E-state index contributed by atoms with van der Waals surface area (Å²) in [7, 11) is 0. The van der Waals surface area contributed by atoms with E-state index in [1.165, 1.54) is 0 Å². The molecule has 1 N–H and O–H groups in total. The van der Waals surface area contributed by atoms with Crippen molar-refractivity contribution in [3.63, 3.8) is 0 Å². The molecule has 0 fully saturated rings. The van der Waals surface area contributed by atoms with Crippen LogP contribution in [-0.4, -0.2) is 14.7 Å². The number of aryl methyl sites for hydroxylation is 1. The highest BCUT2D eigenvalue weighted by molar-refractivity contribution is 9.10. The first-order chi connectivity index (χ1) is 10.1. The van der Waals surface area contributed by atoms with E-state index < -0.39 is 0 Å². The highest BCUT2D eigenvalue weighted by Gasteiger charge is 2.15. The predicted octanol–water partition coefficient (Wildman–Crippen LogP) is 5.34. The zero-order valence-electron chi connectivity index (χ0n) is 11.5. The van der Waals surface area contributed by atoms with E-state index in [4.69, 9.17) is 4.98 Å². The summed E-state index contributed by atoms with van der Waals surface area (Å²) in [5, 5.41) is 10.2. The Kier molecular flexibility index (Phi) is 4.04. The fourth-order valence-corrected chi connectivity index (χ4v) is 3.16. The highest BCUT2D eigenvalue weighted by atomic mass is 79.9. The maximum Gasteiger partial charge on any atom is 0.144 e. The van der Waals surface area contributed by atoms with Crippen LogP contribution in [-0.2, 0) is 6.54 Å². The summed E-state index contributed by atoms with van der Waals surface area (Å²) in [6.07, 6.45) is 1.00. The molecule has 108 valence electrons. The van der Waals surface area contributed by atoms with Gasteiger partial charge >= 0.3 is 0 Å². The van der Waals surface area contributed by atoms with Gasteiger partial charge < -0.3 is 9.67 Å². The van der Waals surface area contributed by atoms with Crippen molar-refractivity contribution >= 4 is 42.9 Å². The van der Waals surface area contributed by atoms with Crippen molar-refractivity contribution in [2.24, 2.45) is 0 Å². The monoisotopic (exact) mass is 408 g/mol. The van der Waals surface area contributed by atoms with Crippen LogP contribution in [0.5, 0.6) is 5.75 Å². The smallest absolute Gasteiger partial charge is 0.144 e. The molecule has 5 heteroatoms. The highest BCUT2D eigenvalue weighted by Crippen LogP contribution is 2.34. The van der Waals surface area contributed by atoms with Crippen LogP contribution in [0.25, 0.3) is 22.4 Å². The van der Waals surface area contributed by atoms with Gasteiger partial charge in [-0.15, -0.1) is 0 Å². The Morgan fingerprint density at radius 2 is 1.81 bits per heavy atom. The van der Waals surface area contributed by atoms with Crippen molar-refractivity contribution in [1.82, 2.24) is 9.55 Å². The number of fused-ring (bicyclic) bond motifs is 1. The average Bonchev–Trinajstić information content (AvgIpc) is 2.80. The van der Waals surface area contributed by atoms with Crippen molar-refractivity contribution < 1.29 is 5.11 Å². The lowest BCUT2D eigenvalue weighted by Crippen LogP contribution is -1.99. The van der Waals surface area contributed by atoms with Crippen molar-refractivity contribution in [1.29, 1.82) is 0 Å². The second-order valence-corrected chi connectivity index (χ2v) is 6.71. The van der Waals surface area contributed by atoms with E-state index in [1.54, 1.807) is 6.07 Å². The summed E-state index contributed by atoms with van der Waals surface area (Å²) in [6.45, 7) is 2.99. The van der Waals surface area contributed by atoms with E-state index in [-0.39, 0.29) is 5.75 Å². The molecule has 0 bridgehead atoms. The third-order valence-corrected chi connectivity index (χ3v) is 4.34. The number of benzene rings is 2. The van der Waals surface area contributed by atoms with Gasteiger partial charge in [0.05, 0.1) is 16.6 Å². The van der Waals surface area contributed by atoms with Crippen LogP contribution < -0.4 is 0 Å². The minimum Gasteiger partial charge on any atom is -0.507 e. The molecule has 0 aliphatic rings. The average molecular weight is 410 g/mol. The Morgan fingerprint density at radius 1 is 1.10 bits per heavy atom. The Labute approximate surface area is 139 Å². The van der Waals surface area contributed by atoms with E-state index in [0.29, 0.717) is 0 Å². The van der Waals surface area contributed by atoms with E-state index in [1.807, 2.05) is 24.3 Å². The number of imidazole rings is 1. The van der Waals surface area contributed by atoms with Crippen LogP contribution in [0.3, 0.4) is 0 Å². The summed E-state index contributed by atoms with van der Waals surface area (Å²) in [5.74, 6) is 1.04. The molecule has 3 nitrogen and oxygen atoms in total. The number of aromatic hydroxyl groups is 1. The van der Waals surface area contributed by atoms with Gasteiger partial charge in [-0.1, -0.05) is 38.8 Å². The number of nitrogens with zero attached hydrogens (tertiary/aromatic N) is 2. The van der Waals surface area contributed by atoms with Gasteiger partial charge in [0.25, 0.3) is 0 Å². The van der Waals surface area contributed by atoms with Crippen LogP contribution in [0.1, 0.15) is 13.3 Å². The number of phenolic OH excluding ortho intramolecular Hbond substituents is 1. The van der Waals surface area contributed by atoms with E-state index in [9.17, 15) is 5.11 Å². The van der Waals surface area contributed by atoms with Crippen LogP contribution >= 0.6 is 31.9 Å². The summed E-state index contributed by atoms with van der Waals surface area (Å²) in [4.78, 5) is 4.72. The molecule has 0 aliphatic heterocycles. The van der Waals surface area contributed by atoms with Gasteiger partial charge in [0.15, 0.2) is 0 Å². The molecule has 0 saturated carbocycles. The van der Waals surface area contributed by atoms with E-state index in [0.717, 1.165) is 44.3 Å². The Balaban J connectivity index is 2.30. The fourth-order valence-electron chi connectivity index (χ4n) is 2.45. The second kappa shape index (κ2) is 5.81. The minimum atomic E-state index is 0.241. The molecule has 1 aromatic heterocycles. The molecule has 3 rings (SSSR count). The number of halogens is 2. The number of phenols is 1. The summed E-state index contributed by atoms with van der Waals surface area (Å²) < 4.78 is 4.08. The van der Waals surface area contributed by atoms with Gasteiger partial charge in [-0.3, -0.25) is 0 Å². The maximum atomic E-state index is 10.2. The van der Waals surface area contributed by atoms with Gasteiger partial charge in [-0.05, 0) is 42.8 Å². The molecule has 0 spiro atoms. The number of hydrogen-bond donors (Lipinski definition) is 1. The first kappa shape index (κ1) is 14.6. The van der Waals surface area contributed by atoms with Crippen molar-refractivity contribution in [2.75, 3.05) is 0 Å². The van der Waals surface area contributed by atoms with Crippen molar-refractivity contribution in [3.8, 4) is 17.1 Å². The van der Waals surface area contributed by atoms with Crippen LogP contribution in [0.4, 0.5) is 0 Å². The molecule has 0 saturated heterocycles. The van der Waals surface area contributed by atoms with Gasteiger partial charge in [0.2, 0.25) is 0 Å². The van der Waals surface area contributed by atoms with Crippen molar-refractivity contribution in [2.45, 2.75) is 19.9 Å². The van der Waals surface area contributed by atoms with Gasteiger partial charge in [-0.25, -0.2) is 4.98 Å².